The van der Waals surface area contributed by atoms with E-state index in [-0.39, 0.29) is 23.5 Å². The van der Waals surface area contributed by atoms with Gasteiger partial charge in [0.1, 0.15) is 5.25 Å². The summed E-state index contributed by atoms with van der Waals surface area (Å²) < 4.78 is 4.91. The number of amidine groups is 1. The van der Waals surface area contributed by atoms with Crippen molar-refractivity contribution in [3.63, 3.8) is 0 Å². The van der Waals surface area contributed by atoms with E-state index in [4.69, 9.17) is 4.74 Å². The lowest BCUT2D eigenvalue weighted by atomic mass is 10.1. The van der Waals surface area contributed by atoms with E-state index in [0.717, 1.165) is 19.6 Å². The van der Waals surface area contributed by atoms with Crippen LogP contribution in [0.2, 0.25) is 0 Å². The summed E-state index contributed by atoms with van der Waals surface area (Å²) in [6, 6.07) is 0. The summed E-state index contributed by atoms with van der Waals surface area (Å²) in [4.78, 5) is 34.7. The first-order valence-electron chi connectivity index (χ1n) is 8.52. The Bertz CT molecular complexity index is 656. The maximum Gasteiger partial charge on any atom is 0.311 e. The molecule has 9 heteroatoms. The van der Waals surface area contributed by atoms with Gasteiger partial charge < -0.3 is 15.0 Å². The monoisotopic (exact) mass is 382 g/mol. The predicted molar refractivity (Wildman–Crippen MR) is 99.4 cm³/mol. The van der Waals surface area contributed by atoms with Crippen LogP contribution in [0, 0.1) is 0 Å². The van der Waals surface area contributed by atoms with Crippen molar-refractivity contribution >= 4 is 45.3 Å². The molecule has 3 rings (SSSR count). The number of aromatic nitrogens is 1. The molecule has 2 fully saturated rings. The van der Waals surface area contributed by atoms with Crippen LogP contribution in [0.3, 0.4) is 0 Å². The normalized spacial score (nSPS) is 23.0. The number of carbonyl (C=O) groups is 2. The van der Waals surface area contributed by atoms with Gasteiger partial charge in [0.05, 0.1) is 18.7 Å². The Morgan fingerprint density at radius 2 is 2.24 bits per heavy atom. The van der Waals surface area contributed by atoms with Crippen LogP contribution in [-0.2, 0) is 20.7 Å². The molecule has 1 aromatic rings. The van der Waals surface area contributed by atoms with Gasteiger partial charge in [0.25, 0.3) is 0 Å². The van der Waals surface area contributed by atoms with Crippen molar-refractivity contribution in [2.45, 2.75) is 37.9 Å². The average molecular weight is 383 g/mol. The second-order valence-electron chi connectivity index (χ2n) is 5.98. The lowest BCUT2D eigenvalue weighted by molar-refractivity contribution is -0.142. The Kier molecular flexibility index (Phi) is 6.44. The quantitative estimate of drug-likeness (QED) is 0.757. The van der Waals surface area contributed by atoms with Gasteiger partial charge in [0.15, 0.2) is 5.17 Å². The van der Waals surface area contributed by atoms with Gasteiger partial charge in [-0.25, -0.2) is 4.98 Å². The third kappa shape index (κ3) is 5.26. The molecule has 1 aromatic heterocycles. The fraction of sp³-hybridized carbons (Fsp3) is 0.625. The number of rotatable bonds is 6. The van der Waals surface area contributed by atoms with Crippen molar-refractivity contribution in [2.75, 3.05) is 26.2 Å². The zero-order valence-corrected chi connectivity index (χ0v) is 15.8. The van der Waals surface area contributed by atoms with E-state index in [1.165, 1.54) is 42.4 Å². The Morgan fingerprint density at radius 3 is 3.00 bits per heavy atom. The van der Waals surface area contributed by atoms with E-state index in [0.29, 0.717) is 22.6 Å². The van der Waals surface area contributed by atoms with Crippen LogP contribution in [0.15, 0.2) is 10.4 Å². The summed E-state index contributed by atoms with van der Waals surface area (Å²) in [5.74, 6) is -0.283. The van der Waals surface area contributed by atoms with Gasteiger partial charge in [-0.3, -0.25) is 9.59 Å². The highest BCUT2D eigenvalue weighted by Gasteiger charge is 2.32. The molecule has 7 nitrogen and oxygen atoms in total. The molecule has 1 atom stereocenters. The molecule has 2 aliphatic rings. The number of thioether (sulfide) groups is 1. The van der Waals surface area contributed by atoms with E-state index in [1.807, 2.05) is 0 Å². The van der Waals surface area contributed by atoms with Crippen LogP contribution in [0.5, 0.6) is 0 Å². The minimum Gasteiger partial charge on any atom is -0.466 e. The molecule has 0 aromatic carbocycles. The number of hydrogen-bond acceptors (Lipinski definition) is 8. The Balaban J connectivity index is 1.56. The van der Waals surface area contributed by atoms with Gasteiger partial charge in [-0.2, -0.15) is 4.99 Å². The number of nitrogens with zero attached hydrogens (tertiary/aromatic N) is 3. The number of carbonyl (C=O) groups excluding carboxylic acids is 2. The highest BCUT2D eigenvalue weighted by Crippen LogP contribution is 2.26. The van der Waals surface area contributed by atoms with Crippen molar-refractivity contribution in [3.8, 4) is 0 Å². The molecular formula is C16H22N4O3S2. The van der Waals surface area contributed by atoms with Crippen molar-refractivity contribution in [2.24, 2.45) is 4.99 Å². The maximum atomic E-state index is 12.2. The molecule has 1 amide bonds. The highest BCUT2D eigenvalue weighted by atomic mass is 32.2. The van der Waals surface area contributed by atoms with E-state index in [1.54, 1.807) is 12.3 Å². The summed E-state index contributed by atoms with van der Waals surface area (Å²) >= 11 is 2.81. The lowest BCUT2D eigenvalue weighted by Crippen LogP contribution is -2.38. The number of esters is 1. The Labute approximate surface area is 155 Å². The largest absolute Gasteiger partial charge is 0.466 e. The van der Waals surface area contributed by atoms with Crippen LogP contribution in [0.4, 0.5) is 5.13 Å². The first-order valence-corrected chi connectivity index (χ1v) is 10.3. The molecule has 2 aliphatic heterocycles. The van der Waals surface area contributed by atoms with E-state index in [2.05, 4.69) is 20.2 Å². The minimum absolute atomic E-state index is 0.0117. The molecule has 0 saturated carbocycles. The second kappa shape index (κ2) is 8.77. The number of nitrogens with one attached hydrogen (secondary N) is 1. The molecule has 0 spiro atoms. The summed E-state index contributed by atoms with van der Waals surface area (Å²) in [6.07, 6.45) is 3.85. The predicted octanol–water partition coefficient (Wildman–Crippen LogP) is 1.95. The molecule has 2 saturated heterocycles. The number of thiazole rings is 1. The standard InChI is InChI=1S/C16H22N4O3S2/c1-2-23-13(21)8-11-10-24-15(17-11)19-16-18-14(22)12(25-16)9-20-6-4-3-5-7-20/h10,12H,2-9H2,1H3,(H,17,18,19,22). The molecule has 1 unspecified atom stereocenters. The third-order valence-electron chi connectivity index (χ3n) is 4.02. The average Bonchev–Trinajstić information content (AvgIpc) is 3.15. The first kappa shape index (κ1) is 18.3. The van der Waals surface area contributed by atoms with Crippen LogP contribution >= 0.6 is 23.1 Å². The van der Waals surface area contributed by atoms with E-state index in [9.17, 15) is 9.59 Å². The van der Waals surface area contributed by atoms with Crippen LogP contribution in [0.25, 0.3) is 0 Å². The summed E-state index contributed by atoms with van der Waals surface area (Å²) in [7, 11) is 0. The SMILES string of the molecule is CCOC(=O)Cc1csc(/N=C2\NC(=O)C(CN3CCCCC3)S2)n1. The summed E-state index contributed by atoms with van der Waals surface area (Å²) in [5, 5.41) is 5.64. The number of likely N-dealkylation sites (tertiary alicyclic amines) is 1. The molecule has 136 valence electrons. The van der Waals surface area contributed by atoms with Gasteiger partial charge in [0.2, 0.25) is 11.0 Å². The second-order valence-corrected chi connectivity index (χ2v) is 8.01. The van der Waals surface area contributed by atoms with Gasteiger partial charge in [-0.1, -0.05) is 18.2 Å². The molecule has 0 aliphatic carbocycles. The number of piperidine rings is 1. The Morgan fingerprint density at radius 1 is 1.44 bits per heavy atom. The van der Waals surface area contributed by atoms with Crippen molar-refractivity contribution in [1.29, 1.82) is 0 Å². The van der Waals surface area contributed by atoms with E-state index >= 15 is 0 Å². The highest BCUT2D eigenvalue weighted by molar-refractivity contribution is 8.15. The third-order valence-corrected chi connectivity index (χ3v) is 5.86. The smallest absolute Gasteiger partial charge is 0.311 e. The topological polar surface area (TPSA) is 83.9 Å². The van der Waals surface area contributed by atoms with Gasteiger partial charge in [-0.15, -0.1) is 11.3 Å². The molecular weight excluding hydrogens is 360 g/mol. The minimum atomic E-state index is -0.294. The Hall–Kier alpha value is -1.45. The van der Waals surface area contributed by atoms with Crippen LogP contribution < -0.4 is 5.32 Å². The van der Waals surface area contributed by atoms with Gasteiger partial charge in [-0.05, 0) is 32.9 Å². The number of hydrogen-bond donors (Lipinski definition) is 1. The fourth-order valence-corrected chi connectivity index (χ4v) is 4.60. The molecule has 1 N–H and O–H groups in total. The molecule has 3 heterocycles. The van der Waals surface area contributed by atoms with Crippen molar-refractivity contribution < 1.29 is 14.3 Å². The summed E-state index contributed by atoms with van der Waals surface area (Å²) in [5.41, 5.74) is 0.641. The fourth-order valence-electron chi connectivity index (χ4n) is 2.83. The maximum absolute atomic E-state index is 12.2. The molecule has 0 bridgehead atoms. The van der Waals surface area contributed by atoms with Crippen molar-refractivity contribution in [3.05, 3.63) is 11.1 Å². The first-order chi connectivity index (χ1) is 12.1. The van der Waals surface area contributed by atoms with Crippen molar-refractivity contribution in [1.82, 2.24) is 15.2 Å². The number of ether oxygens (including phenoxy) is 1. The lowest BCUT2D eigenvalue weighted by Gasteiger charge is -2.27. The zero-order valence-electron chi connectivity index (χ0n) is 14.2. The number of aliphatic imine (C=N–C) groups is 1. The van der Waals surface area contributed by atoms with Gasteiger partial charge in [0, 0.05) is 11.9 Å². The molecule has 0 radical (unpaired) electrons. The van der Waals surface area contributed by atoms with Crippen LogP contribution in [-0.4, -0.2) is 58.4 Å². The van der Waals surface area contributed by atoms with Gasteiger partial charge >= 0.3 is 5.97 Å². The number of amides is 1. The molecule has 25 heavy (non-hydrogen) atoms. The van der Waals surface area contributed by atoms with E-state index < -0.39 is 0 Å². The zero-order chi connectivity index (χ0) is 17.6. The summed E-state index contributed by atoms with van der Waals surface area (Å²) in [6.45, 7) is 5.04. The van der Waals surface area contributed by atoms with Crippen LogP contribution in [0.1, 0.15) is 31.9 Å².